The highest BCUT2D eigenvalue weighted by Crippen LogP contribution is 2.18. The minimum atomic E-state index is -0.672. The lowest BCUT2D eigenvalue weighted by atomic mass is 10.1. The third kappa shape index (κ3) is 4.32. The van der Waals surface area contributed by atoms with Crippen molar-refractivity contribution in [2.45, 2.75) is 26.9 Å². The van der Waals surface area contributed by atoms with E-state index in [1.807, 2.05) is 32.0 Å². The second-order valence-corrected chi connectivity index (χ2v) is 5.44. The number of ether oxygens (including phenoxy) is 1. The van der Waals surface area contributed by atoms with Crippen molar-refractivity contribution in [1.29, 1.82) is 0 Å². The van der Waals surface area contributed by atoms with Gasteiger partial charge in [0.15, 0.2) is 6.10 Å². The number of aryl methyl sites for hydroxylation is 2. The molecule has 0 fully saturated rings. The van der Waals surface area contributed by atoms with Crippen LogP contribution in [0.15, 0.2) is 42.5 Å². The van der Waals surface area contributed by atoms with Crippen LogP contribution in [0.25, 0.3) is 0 Å². The Bertz CT molecular complexity index is 741. The summed E-state index contributed by atoms with van der Waals surface area (Å²) in [5.74, 6) is -0.202. The average molecular weight is 312 g/mol. The SMILES string of the molecule is Cc1ccc(OC(C)C(=O)Nc2cccc(C(N)=O)c2)cc1C. The van der Waals surface area contributed by atoms with Gasteiger partial charge in [0.2, 0.25) is 5.91 Å². The number of nitrogens with one attached hydrogen (secondary N) is 1. The highest BCUT2D eigenvalue weighted by molar-refractivity contribution is 5.97. The third-order valence-electron chi connectivity index (χ3n) is 3.58. The fourth-order valence-corrected chi connectivity index (χ4v) is 2.04. The molecule has 0 heterocycles. The Morgan fingerprint density at radius 1 is 1.09 bits per heavy atom. The molecule has 0 aliphatic heterocycles. The van der Waals surface area contributed by atoms with Crippen LogP contribution < -0.4 is 15.8 Å². The van der Waals surface area contributed by atoms with Crippen molar-refractivity contribution >= 4 is 17.5 Å². The molecule has 1 atom stereocenters. The van der Waals surface area contributed by atoms with Crippen LogP contribution in [-0.2, 0) is 4.79 Å². The van der Waals surface area contributed by atoms with Gasteiger partial charge >= 0.3 is 0 Å². The van der Waals surface area contributed by atoms with Gasteiger partial charge in [0.25, 0.3) is 5.91 Å². The largest absolute Gasteiger partial charge is 0.481 e. The van der Waals surface area contributed by atoms with Crippen LogP contribution in [0.3, 0.4) is 0 Å². The fraction of sp³-hybridized carbons (Fsp3) is 0.222. The number of primary amides is 1. The molecule has 1 unspecified atom stereocenters. The predicted molar refractivity (Wildman–Crippen MR) is 89.6 cm³/mol. The Kier molecular flexibility index (Phi) is 5.01. The van der Waals surface area contributed by atoms with E-state index < -0.39 is 12.0 Å². The zero-order chi connectivity index (χ0) is 17.0. The molecule has 0 saturated heterocycles. The number of anilines is 1. The molecule has 2 aromatic carbocycles. The molecule has 5 heteroatoms. The van der Waals surface area contributed by atoms with E-state index in [0.717, 1.165) is 11.1 Å². The van der Waals surface area contributed by atoms with Crippen LogP contribution >= 0.6 is 0 Å². The van der Waals surface area contributed by atoms with E-state index >= 15 is 0 Å². The van der Waals surface area contributed by atoms with Gasteiger partial charge in [0.05, 0.1) is 0 Å². The number of carbonyl (C=O) groups is 2. The zero-order valence-corrected chi connectivity index (χ0v) is 13.4. The molecule has 5 nitrogen and oxygen atoms in total. The smallest absolute Gasteiger partial charge is 0.265 e. The number of carbonyl (C=O) groups excluding carboxylic acids is 2. The summed E-state index contributed by atoms with van der Waals surface area (Å²) < 4.78 is 5.66. The molecule has 0 spiro atoms. The Hall–Kier alpha value is -2.82. The summed E-state index contributed by atoms with van der Waals surface area (Å²) >= 11 is 0. The molecule has 0 aromatic heterocycles. The lowest BCUT2D eigenvalue weighted by Crippen LogP contribution is -2.30. The predicted octanol–water partition coefficient (Wildman–Crippen LogP) is 2.81. The first-order valence-corrected chi connectivity index (χ1v) is 7.31. The van der Waals surface area contributed by atoms with E-state index in [1.165, 1.54) is 6.07 Å². The maximum Gasteiger partial charge on any atom is 0.265 e. The monoisotopic (exact) mass is 312 g/mol. The number of amides is 2. The molecule has 2 amide bonds. The van der Waals surface area contributed by atoms with Gasteiger partial charge in [-0.25, -0.2) is 0 Å². The highest BCUT2D eigenvalue weighted by Gasteiger charge is 2.15. The Balaban J connectivity index is 2.03. The minimum absolute atomic E-state index is 0.301. The topological polar surface area (TPSA) is 81.4 Å². The molecule has 0 bridgehead atoms. The minimum Gasteiger partial charge on any atom is -0.481 e. The summed E-state index contributed by atoms with van der Waals surface area (Å²) in [6.07, 6.45) is -0.672. The molecule has 2 aromatic rings. The molecular weight excluding hydrogens is 292 g/mol. The van der Waals surface area contributed by atoms with Crippen molar-refractivity contribution in [3.8, 4) is 5.75 Å². The molecule has 23 heavy (non-hydrogen) atoms. The first-order chi connectivity index (χ1) is 10.9. The van der Waals surface area contributed by atoms with E-state index in [2.05, 4.69) is 5.32 Å². The molecule has 0 aliphatic carbocycles. The second-order valence-electron chi connectivity index (χ2n) is 5.44. The summed E-state index contributed by atoms with van der Waals surface area (Å²) in [5, 5.41) is 2.71. The highest BCUT2D eigenvalue weighted by atomic mass is 16.5. The average Bonchev–Trinajstić information content (AvgIpc) is 2.51. The fourth-order valence-electron chi connectivity index (χ4n) is 2.04. The standard InChI is InChI=1S/C18H20N2O3/c1-11-7-8-16(9-12(11)2)23-13(3)18(22)20-15-6-4-5-14(10-15)17(19)21/h4-10,13H,1-3H3,(H2,19,21)(H,20,22). The maximum absolute atomic E-state index is 12.2. The number of benzene rings is 2. The summed E-state index contributed by atoms with van der Waals surface area (Å²) in [6, 6.07) is 12.1. The Labute approximate surface area is 135 Å². The molecule has 0 radical (unpaired) electrons. The van der Waals surface area contributed by atoms with Crippen molar-refractivity contribution in [2.24, 2.45) is 5.73 Å². The molecular formula is C18H20N2O3. The van der Waals surface area contributed by atoms with E-state index in [-0.39, 0.29) is 5.91 Å². The van der Waals surface area contributed by atoms with Gasteiger partial charge < -0.3 is 15.8 Å². The molecule has 3 N–H and O–H groups in total. The van der Waals surface area contributed by atoms with Crippen molar-refractivity contribution in [1.82, 2.24) is 0 Å². The van der Waals surface area contributed by atoms with Crippen LogP contribution in [0.1, 0.15) is 28.4 Å². The normalized spacial score (nSPS) is 11.6. The quantitative estimate of drug-likeness (QED) is 0.890. The van der Waals surface area contributed by atoms with Crippen molar-refractivity contribution in [3.63, 3.8) is 0 Å². The van der Waals surface area contributed by atoms with Gasteiger partial charge in [-0.2, -0.15) is 0 Å². The Morgan fingerprint density at radius 2 is 1.83 bits per heavy atom. The maximum atomic E-state index is 12.2. The Morgan fingerprint density at radius 3 is 2.48 bits per heavy atom. The molecule has 120 valence electrons. The zero-order valence-electron chi connectivity index (χ0n) is 13.4. The number of hydrogen-bond acceptors (Lipinski definition) is 3. The van der Waals surface area contributed by atoms with Crippen LogP contribution in [0, 0.1) is 13.8 Å². The van der Waals surface area contributed by atoms with Crippen molar-refractivity contribution in [2.75, 3.05) is 5.32 Å². The third-order valence-corrected chi connectivity index (χ3v) is 3.58. The van der Waals surface area contributed by atoms with Gasteiger partial charge in [-0.1, -0.05) is 12.1 Å². The molecule has 0 saturated carbocycles. The summed E-state index contributed by atoms with van der Waals surface area (Å²) in [4.78, 5) is 23.4. The van der Waals surface area contributed by atoms with Crippen molar-refractivity contribution in [3.05, 3.63) is 59.2 Å². The summed E-state index contributed by atoms with van der Waals surface area (Å²) in [5.41, 5.74) is 8.33. The first kappa shape index (κ1) is 16.5. The van der Waals surface area contributed by atoms with Gasteiger partial charge in [-0.05, 0) is 62.2 Å². The van der Waals surface area contributed by atoms with Gasteiger partial charge in [-0.3, -0.25) is 9.59 Å². The van der Waals surface area contributed by atoms with E-state index in [9.17, 15) is 9.59 Å². The number of rotatable bonds is 5. The van der Waals surface area contributed by atoms with E-state index in [4.69, 9.17) is 10.5 Å². The lowest BCUT2D eigenvalue weighted by molar-refractivity contribution is -0.122. The van der Waals surface area contributed by atoms with Crippen LogP contribution in [-0.4, -0.2) is 17.9 Å². The van der Waals surface area contributed by atoms with Crippen molar-refractivity contribution < 1.29 is 14.3 Å². The van der Waals surface area contributed by atoms with E-state index in [0.29, 0.717) is 17.0 Å². The van der Waals surface area contributed by atoms with Gasteiger partial charge in [0, 0.05) is 11.3 Å². The van der Waals surface area contributed by atoms with Crippen LogP contribution in [0.4, 0.5) is 5.69 Å². The van der Waals surface area contributed by atoms with Gasteiger partial charge in [0.1, 0.15) is 5.75 Å². The molecule has 2 rings (SSSR count). The van der Waals surface area contributed by atoms with Gasteiger partial charge in [-0.15, -0.1) is 0 Å². The van der Waals surface area contributed by atoms with E-state index in [1.54, 1.807) is 25.1 Å². The first-order valence-electron chi connectivity index (χ1n) is 7.31. The number of hydrogen-bond donors (Lipinski definition) is 2. The van der Waals surface area contributed by atoms with Crippen LogP contribution in [0.2, 0.25) is 0 Å². The summed E-state index contributed by atoms with van der Waals surface area (Å²) in [7, 11) is 0. The second kappa shape index (κ2) is 6.96. The molecule has 0 aliphatic rings. The lowest BCUT2D eigenvalue weighted by Gasteiger charge is -2.16. The summed E-state index contributed by atoms with van der Waals surface area (Å²) in [6.45, 7) is 5.67. The number of nitrogens with two attached hydrogens (primary N) is 1. The van der Waals surface area contributed by atoms with Crippen LogP contribution in [0.5, 0.6) is 5.75 Å².